The molecule has 5 rings (SSSR count). The fourth-order valence-electron chi connectivity index (χ4n) is 5.19. The second-order valence-corrected chi connectivity index (χ2v) is 9.21. The lowest BCUT2D eigenvalue weighted by molar-refractivity contribution is -0.140. The maximum atomic E-state index is 13.9. The van der Waals surface area contributed by atoms with Crippen LogP contribution >= 0.6 is 11.6 Å². The van der Waals surface area contributed by atoms with Gasteiger partial charge in [0.2, 0.25) is 0 Å². The van der Waals surface area contributed by atoms with Crippen molar-refractivity contribution in [1.29, 1.82) is 0 Å². The Hall–Kier alpha value is -2.66. The van der Waals surface area contributed by atoms with Crippen molar-refractivity contribution in [3.8, 4) is 0 Å². The summed E-state index contributed by atoms with van der Waals surface area (Å²) in [6, 6.07) is 6.92. The third-order valence-electron chi connectivity index (χ3n) is 6.93. The number of rotatable bonds is 3. The molecule has 1 aliphatic heterocycles. The van der Waals surface area contributed by atoms with Crippen LogP contribution in [0.15, 0.2) is 65.5 Å². The Bertz CT molecular complexity index is 1120. The first-order valence-electron chi connectivity index (χ1n) is 10.9. The summed E-state index contributed by atoms with van der Waals surface area (Å²) in [6.45, 7) is 2.13. The van der Waals surface area contributed by atoms with Gasteiger partial charge in [0.1, 0.15) is 5.82 Å². The fourth-order valence-corrected chi connectivity index (χ4v) is 5.38. The van der Waals surface area contributed by atoms with Crippen LogP contribution in [0.25, 0.3) is 10.9 Å². The molecule has 6 heteroatoms. The SMILES string of the molecule is CC(C1CCC(c2ccnc3ccc(F)cc23)CC1)N1NC2=CC(C=CC(Cl)=C2)C1=O. The van der Waals surface area contributed by atoms with Crippen molar-refractivity contribution in [3.05, 3.63) is 76.9 Å². The standard InChI is InChI=1S/C25H25ClFN3O/c1-15(30-25(31)18-6-7-19(26)13-21(12-18)29-30)16-2-4-17(5-3-16)22-10-11-28-24-9-8-20(27)14-23(22)24/h6-18,29H,2-5H2,1H3. The van der Waals surface area contributed by atoms with Gasteiger partial charge in [-0.15, -0.1) is 0 Å². The van der Waals surface area contributed by atoms with Crippen molar-refractivity contribution in [2.75, 3.05) is 0 Å². The Morgan fingerprint density at radius 1 is 1.23 bits per heavy atom. The number of pyridine rings is 1. The average molecular weight is 438 g/mol. The number of allylic oxidation sites excluding steroid dienone is 3. The Labute approximate surface area is 186 Å². The largest absolute Gasteiger partial charge is 0.296 e. The molecule has 2 heterocycles. The minimum Gasteiger partial charge on any atom is -0.296 e. The Morgan fingerprint density at radius 2 is 2.03 bits per heavy atom. The molecule has 4 nitrogen and oxygen atoms in total. The van der Waals surface area contributed by atoms with Gasteiger partial charge in [-0.1, -0.05) is 17.7 Å². The van der Waals surface area contributed by atoms with E-state index >= 15 is 0 Å². The number of hydrazine groups is 1. The second-order valence-electron chi connectivity index (χ2n) is 8.77. The van der Waals surface area contributed by atoms with Crippen LogP contribution in [0, 0.1) is 17.7 Å². The fraction of sp³-hybridized carbons (Fsp3) is 0.360. The highest BCUT2D eigenvalue weighted by Gasteiger charge is 2.36. The molecule has 3 aliphatic rings. The Kier molecular flexibility index (Phi) is 5.30. The quantitative estimate of drug-likeness (QED) is 0.682. The van der Waals surface area contributed by atoms with Crippen molar-refractivity contribution >= 4 is 28.4 Å². The Balaban J connectivity index is 1.30. The van der Waals surface area contributed by atoms with E-state index in [1.165, 1.54) is 11.6 Å². The lowest BCUT2D eigenvalue weighted by Crippen LogP contribution is -2.54. The number of carbonyl (C=O) groups excluding carboxylic acids is 1. The average Bonchev–Trinajstić information content (AvgIpc) is 2.94. The summed E-state index contributed by atoms with van der Waals surface area (Å²) in [6.07, 6.45) is 13.3. The lowest BCUT2D eigenvalue weighted by atomic mass is 9.75. The predicted octanol–water partition coefficient (Wildman–Crippen LogP) is 5.58. The van der Waals surface area contributed by atoms with E-state index in [-0.39, 0.29) is 23.7 Å². The molecule has 2 unspecified atom stereocenters. The second kappa shape index (κ2) is 8.12. The summed E-state index contributed by atoms with van der Waals surface area (Å²) >= 11 is 6.17. The van der Waals surface area contributed by atoms with Crippen LogP contribution in [-0.2, 0) is 4.79 Å². The highest BCUT2D eigenvalue weighted by Crippen LogP contribution is 2.40. The van der Waals surface area contributed by atoms with Gasteiger partial charge in [0.15, 0.2) is 0 Å². The van der Waals surface area contributed by atoms with E-state index in [4.69, 9.17) is 11.6 Å². The number of nitrogens with zero attached hydrogens (tertiary/aromatic N) is 2. The number of amides is 1. The van der Waals surface area contributed by atoms with Gasteiger partial charge in [0.05, 0.1) is 23.2 Å². The predicted molar refractivity (Wildman–Crippen MR) is 120 cm³/mol. The topological polar surface area (TPSA) is 45.2 Å². The number of nitrogens with one attached hydrogen (secondary N) is 1. The summed E-state index contributed by atoms with van der Waals surface area (Å²) in [5.41, 5.74) is 6.16. The number of fused-ring (bicyclic) bond motifs is 2. The molecule has 1 saturated carbocycles. The molecule has 1 aromatic heterocycles. The maximum absolute atomic E-state index is 13.9. The third-order valence-corrected chi connectivity index (χ3v) is 7.16. The molecule has 2 aromatic rings. The molecule has 1 N–H and O–H groups in total. The molecule has 1 fully saturated rings. The van der Waals surface area contributed by atoms with Crippen molar-refractivity contribution in [2.24, 2.45) is 11.8 Å². The number of aromatic nitrogens is 1. The molecular formula is C25H25ClFN3O. The normalized spacial score (nSPS) is 26.7. The highest BCUT2D eigenvalue weighted by molar-refractivity contribution is 6.31. The lowest BCUT2D eigenvalue weighted by Gasteiger charge is -2.41. The summed E-state index contributed by atoms with van der Waals surface area (Å²) in [5.74, 6) is 0.348. The van der Waals surface area contributed by atoms with Gasteiger partial charge in [-0.05, 0) is 92.5 Å². The zero-order valence-electron chi connectivity index (χ0n) is 17.4. The van der Waals surface area contributed by atoms with E-state index in [1.54, 1.807) is 23.2 Å². The van der Waals surface area contributed by atoms with E-state index in [1.807, 2.05) is 30.5 Å². The molecule has 1 aromatic carbocycles. The molecule has 31 heavy (non-hydrogen) atoms. The zero-order chi connectivity index (χ0) is 21.5. The number of hydrogen-bond donors (Lipinski definition) is 1. The first-order valence-corrected chi connectivity index (χ1v) is 11.3. The van der Waals surface area contributed by atoms with Crippen LogP contribution in [0.5, 0.6) is 0 Å². The minimum absolute atomic E-state index is 0.0602. The molecule has 160 valence electrons. The van der Waals surface area contributed by atoms with Gasteiger partial charge < -0.3 is 0 Å². The molecule has 1 amide bonds. The highest BCUT2D eigenvalue weighted by atomic mass is 35.5. The molecule has 2 atom stereocenters. The van der Waals surface area contributed by atoms with Crippen LogP contribution in [0.3, 0.4) is 0 Å². The molecule has 2 bridgehead atoms. The van der Waals surface area contributed by atoms with E-state index in [2.05, 4.69) is 17.3 Å². The van der Waals surface area contributed by atoms with E-state index < -0.39 is 0 Å². The van der Waals surface area contributed by atoms with Crippen molar-refractivity contribution < 1.29 is 9.18 Å². The van der Waals surface area contributed by atoms with Gasteiger partial charge in [0.25, 0.3) is 5.91 Å². The number of benzene rings is 1. The number of halogens is 2. The molecule has 0 saturated heterocycles. The molecule has 2 aliphatic carbocycles. The number of carbonyl (C=O) groups is 1. The van der Waals surface area contributed by atoms with Gasteiger partial charge >= 0.3 is 0 Å². The van der Waals surface area contributed by atoms with Gasteiger partial charge in [-0.3, -0.25) is 20.2 Å². The van der Waals surface area contributed by atoms with E-state index in [9.17, 15) is 9.18 Å². The molecule has 0 spiro atoms. The zero-order valence-corrected chi connectivity index (χ0v) is 18.1. The van der Waals surface area contributed by atoms with E-state index in [0.717, 1.165) is 42.3 Å². The smallest absolute Gasteiger partial charge is 0.252 e. The van der Waals surface area contributed by atoms with Crippen LogP contribution in [0.1, 0.15) is 44.1 Å². The summed E-state index contributed by atoms with van der Waals surface area (Å²) in [5, 5.41) is 3.32. The summed E-state index contributed by atoms with van der Waals surface area (Å²) in [4.78, 5) is 17.4. The van der Waals surface area contributed by atoms with Crippen LogP contribution in [-0.4, -0.2) is 21.9 Å². The monoisotopic (exact) mass is 437 g/mol. The van der Waals surface area contributed by atoms with Gasteiger partial charge in [0, 0.05) is 16.6 Å². The van der Waals surface area contributed by atoms with Crippen LogP contribution in [0.2, 0.25) is 0 Å². The Morgan fingerprint density at radius 3 is 2.84 bits per heavy atom. The number of hydrogen-bond acceptors (Lipinski definition) is 3. The first kappa shape index (κ1) is 20.3. The van der Waals surface area contributed by atoms with Gasteiger partial charge in [-0.25, -0.2) is 4.39 Å². The molecule has 0 radical (unpaired) electrons. The maximum Gasteiger partial charge on any atom is 0.252 e. The van der Waals surface area contributed by atoms with Gasteiger partial charge in [-0.2, -0.15) is 0 Å². The minimum atomic E-state index is -0.277. The third kappa shape index (κ3) is 3.87. The van der Waals surface area contributed by atoms with Crippen molar-refractivity contribution in [3.63, 3.8) is 0 Å². The molecular weight excluding hydrogens is 413 g/mol. The van der Waals surface area contributed by atoms with Crippen molar-refractivity contribution in [2.45, 2.75) is 44.6 Å². The van der Waals surface area contributed by atoms with Crippen LogP contribution < -0.4 is 5.43 Å². The first-order chi connectivity index (χ1) is 15.0. The summed E-state index contributed by atoms with van der Waals surface area (Å²) < 4.78 is 13.9. The van der Waals surface area contributed by atoms with E-state index in [0.29, 0.717) is 16.9 Å². The summed E-state index contributed by atoms with van der Waals surface area (Å²) in [7, 11) is 0. The van der Waals surface area contributed by atoms with Crippen LogP contribution in [0.4, 0.5) is 4.39 Å². The van der Waals surface area contributed by atoms with Crippen molar-refractivity contribution in [1.82, 2.24) is 15.4 Å².